The summed E-state index contributed by atoms with van der Waals surface area (Å²) >= 11 is 0. The lowest BCUT2D eigenvalue weighted by molar-refractivity contribution is 0.0926. The molecule has 1 aliphatic carbocycles. The highest BCUT2D eigenvalue weighted by Gasteiger charge is 2.21. The zero-order valence-corrected chi connectivity index (χ0v) is 14.5. The van der Waals surface area contributed by atoms with E-state index < -0.39 is 0 Å². The van der Waals surface area contributed by atoms with Crippen molar-refractivity contribution < 1.29 is 9.53 Å². The maximum atomic E-state index is 12.7. The number of benzene rings is 2. The molecular formula is C20H25N3O2. The van der Waals surface area contributed by atoms with Crippen molar-refractivity contribution in [2.45, 2.75) is 37.8 Å². The van der Waals surface area contributed by atoms with Crippen molar-refractivity contribution in [2.75, 3.05) is 12.4 Å². The van der Waals surface area contributed by atoms with Gasteiger partial charge in [0, 0.05) is 17.8 Å². The van der Waals surface area contributed by atoms with E-state index in [1.165, 1.54) is 0 Å². The molecule has 2 aromatic rings. The Morgan fingerprint density at radius 1 is 1.04 bits per heavy atom. The van der Waals surface area contributed by atoms with E-state index in [9.17, 15) is 4.79 Å². The van der Waals surface area contributed by atoms with Gasteiger partial charge >= 0.3 is 0 Å². The Kier molecular flexibility index (Phi) is 5.56. The van der Waals surface area contributed by atoms with Crippen LogP contribution in [-0.4, -0.2) is 25.1 Å². The van der Waals surface area contributed by atoms with Crippen LogP contribution in [0.3, 0.4) is 0 Å². The molecule has 0 heterocycles. The van der Waals surface area contributed by atoms with E-state index >= 15 is 0 Å². The topological polar surface area (TPSA) is 76.4 Å². The fourth-order valence-electron chi connectivity index (χ4n) is 3.15. The molecule has 1 fully saturated rings. The minimum Gasteiger partial charge on any atom is -0.497 e. The number of amides is 1. The fraction of sp³-hybridized carbons (Fsp3) is 0.350. The molecule has 1 aliphatic rings. The lowest BCUT2D eigenvalue weighted by Crippen LogP contribution is -2.40. The number of ether oxygens (including phenoxy) is 1. The molecule has 1 saturated carbocycles. The molecule has 0 unspecified atom stereocenters. The Hall–Kier alpha value is -2.53. The van der Waals surface area contributed by atoms with E-state index in [4.69, 9.17) is 10.5 Å². The second kappa shape index (κ2) is 8.03. The van der Waals surface area contributed by atoms with Crippen LogP contribution >= 0.6 is 0 Å². The molecule has 1 amide bonds. The predicted octanol–water partition coefficient (Wildman–Crippen LogP) is 3.44. The smallest absolute Gasteiger partial charge is 0.253 e. The molecule has 4 N–H and O–H groups in total. The third-order valence-corrected chi connectivity index (χ3v) is 4.65. The van der Waals surface area contributed by atoms with Crippen molar-refractivity contribution in [3.8, 4) is 5.75 Å². The third kappa shape index (κ3) is 4.51. The van der Waals surface area contributed by atoms with Crippen LogP contribution in [0.2, 0.25) is 0 Å². The molecule has 5 nitrogen and oxygen atoms in total. The van der Waals surface area contributed by atoms with Crippen molar-refractivity contribution in [1.82, 2.24) is 5.32 Å². The van der Waals surface area contributed by atoms with Crippen molar-refractivity contribution in [3.05, 3.63) is 54.1 Å². The van der Waals surface area contributed by atoms with Gasteiger partial charge in [-0.2, -0.15) is 0 Å². The van der Waals surface area contributed by atoms with Crippen LogP contribution in [0.25, 0.3) is 0 Å². The summed E-state index contributed by atoms with van der Waals surface area (Å²) in [5.41, 5.74) is 8.28. The monoisotopic (exact) mass is 339 g/mol. The number of hydrogen-bond donors (Lipinski definition) is 3. The van der Waals surface area contributed by atoms with Crippen LogP contribution in [0.5, 0.6) is 5.75 Å². The molecule has 0 radical (unpaired) electrons. The van der Waals surface area contributed by atoms with E-state index in [2.05, 4.69) is 10.6 Å². The van der Waals surface area contributed by atoms with Gasteiger partial charge in [0.2, 0.25) is 0 Å². The number of nitrogens with one attached hydrogen (secondary N) is 2. The fourth-order valence-corrected chi connectivity index (χ4v) is 3.15. The standard InChI is InChI=1S/C20H25N3O2/c1-25-17-12-10-15(11-13-17)22-19-5-3-2-4-18(19)20(24)23-16-8-6-14(21)7-9-16/h2-5,10-14,16,22H,6-9,21H2,1H3,(H,23,24). The molecule has 132 valence electrons. The quantitative estimate of drug-likeness (QED) is 0.780. The minimum atomic E-state index is -0.0444. The normalized spacial score (nSPS) is 19.9. The van der Waals surface area contributed by atoms with Crippen LogP contribution in [0, 0.1) is 0 Å². The second-order valence-corrected chi connectivity index (χ2v) is 6.48. The Balaban J connectivity index is 1.70. The highest BCUT2D eigenvalue weighted by atomic mass is 16.5. The van der Waals surface area contributed by atoms with Gasteiger partial charge < -0.3 is 21.1 Å². The van der Waals surface area contributed by atoms with E-state index in [1.807, 2.05) is 48.5 Å². The van der Waals surface area contributed by atoms with Crippen LogP contribution in [0.15, 0.2) is 48.5 Å². The maximum absolute atomic E-state index is 12.7. The van der Waals surface area contributed by atoms with Crippen LogP contribution in [0.1, 0.15) is 36.0 Å². The van der Waals surface area contributed by atoms with Gasteiger partial charge in [0.1, 0.15) is 5.75 Å². The number of hydrogen-bond acceptors (Lipinski definition) is 4. The summed E-state index contributed by atoms with van der Waals surface area (Å²) in [4.78, 5) is 12.7. The van der Waals surface area contributed by atoms with Crippen molar-refractivity contribution in [2.24, 2.45) is 5.73 Å². The number of carbonyl (C=O) groups is 1. The number of anilines is 2. The highest BCUT2D eigenvalue weighted by molar-refractivity contribution is 6.00. The first-order chi connectivity index (χ1) is 12.2. The molecule has 2 aromatic carbocycles. The van der Waals surface area contributed by atoms with E-state index in [0.717, 1.165) is 42.8 Å². The van der Waals surface area contributed by atoms with E-state index in [1.54, 1.807) is 7.11 Å². The largest absolute Gasteiger partial charge is 0.497 e. The zero-order chi connectivity index (χ0) is 17.6. The van der Waals surface area contributed by atoms with Crippen LogP contribution in [0.4, 0.5) is 11.4 Å². The summed E-state index contributed by atoms with van der Waals surface area (Å²) in [6, 6.07) is 15.7. The molecular weight excluding hydrogens is 314 g/mol. The van der Waals surface area contributed by atoms with Crippen LogP contribution in [-0.2, 0) is 0 Å². The zero-order valence-electron chi connectivity index (χ0n) is 14.5. The van der Waals surface area contributed by atoms with E-state index in [0.29, 0.717) is 5.56 Å². The molecule has 0 aromatic heterocycles. The predicted molar refractivity (Wildman–Crippen MR) is 100 cm³/mol. The Morgan fingerprint density at radius 2 is 1.72 bits per heavy atom. The van der Waals surface area contributed by atoms with Crippen molar-refractivity contribution in [1.29, 1.82) is 0 Å². The average molecular weight is 339 g/mol. The summed E-state index contributed by atoms with van der Waals surface area (Å²) in [5, 5.41) is 6.46. The molecule has 0 bridgehead atoms. The van der Waals surface area contributed by atoms with Crippen molar-refractivity contribution in [3.63, 3.8) is 0 Å². The summed E-state index contributed by atoms with van der Waals surface area (Å²) in [6.07, 6.45) is 3.83. The van der Waals surface area contributed by atoms with Gasteiger partial charge in [0.25, 0.3) is 5.91 Å². The van der Waals surface area contributed by atoms with Gasteiger partial charge in [-0.3, -0.25) is 4.79 Å². The lowest BCUT2D eigenvalue weighted by atomic mass is 9.91. The Morgan fingerprint density at radius 3 is 2.40 bits per heavy atom. The summed E-state index contributed by atoms with van der Waals surface area (Å²) in [7, 11) is 1.64. The van der Waals surface area contributed by atoms with Gasteiger partial charge in [0.15, 0.2) is 0 Å². The average Bonchev–Trinajstić information content (AvgIpc) is 2.64. The highest BCUT2D eigenvalue weighted by Crippen LogP contribution is 2.24. The lowest BCUT2D eigenvalue weighted by Gasteiger charge is -2.27. The van der Waals surface area contributed by atoms with Gasteiger partial charge in [-0.15, -0.1) is 0 Å². The number of rotatable bonds is 5. The van der Waals surface area contributed by atoms with Gasteiger partial charge in [0.05, 0.1) is 18.4 Å². The SMILES string of the molecule is COc1ccc(Nc2ccccc2C(=O)NC2CCC(N)CC2)cc1. The number of carbonyl (C=O) groups excluding carboxylic acids is 1. The third-order valence-electron chi connectivity index (χ3n) is 4.65. The first kappa shape index (κ1) is 17.3. The summed E-state index contributed by atoms with van der Waals surface area (Å²) in [6.45, 7) is 0. The number of nitrogens with two attached hydrogens (primary N) is 1. The molecule has 0 spiro atoms. The summed E-state index contributed by atoms with van der Waals surface area (Å²) in [5.74, 6) is 0.754. The number of para-hydroxylation sites is 1. The molecule has 0 atom stereocenters. The molecule has 0 aliphatic heterocycles. The van der Waals surface area contributed by atoms with Crippen molar-refractivity contribution >= 4 is 17.3 Å². The molecule has 0 saturated heterocycles. The molecule has 5 heteroatoms. The van der Waals surface area contributed by atoms with Gasteiger partial charge in [-0.25, -0.2) is 0 Å². The maximum Gasteiger partial charge on any atom is 0.253 e. The minimum absolute atomic E-state index is 0.0444. The first-order valence-corrected chi connectivity index (χ1v) is 8.72. The Bertz CT molecular complexity index is 707. The number of methoxy groups -OCH3 is 1. The van der Waals surface area contributed by atoms with Gasteiger partial charge in [-0.05, 0) is 62.1 Å². The second-order valence-electron chi connectivity index (χ2n) is 6.48. The first-order valence-electron chi connectivity index (χ1n) is 8.72. The Labute approximate surface area is 148 Å². The van der Waals surface area contributed by atoms with E-state index in [-0.39, 0.29) is 18.0 Å². The summed E-state index contributed by atoms with van der Waals surface area (Å²) < 4.78 is 5.17. The molecule has 25 heavy (non-hydrogen) atoms. The van der Waals surface area contributed by atoms with Crippen LogP contribution < -0.4 is 21.1 Å². The molecule has 3 rings (SSSR count). The van der Waals surface area contributed by atoms with Gasteiger partial charge in [-0.1, -0.05) is 12.1 Å².